The van der Waals surface area contributed by atoms with Gasteiger partial charge >= 0.3 is 6.03 Å². The summed E-state index contributed by atoms with van der Waals surface area (Å²) in [6.07, 6.45) is 2.35. The highest BCUT2D eigenvalue weighted by Crippen LogP contribution is 2.31. The molecule has 5 amide bonds. The van der Waals surface area contributed by atoms with E-state index >= 15 is 0 Å². The molecule has 0 aliphatic carbocycles. The number of amides is 5. The highest BCUT2D eigenvalue weighted by atomic mass is 16.2. The normalized spacial score (nSPS) is 23.0. The molecule has 2 fully saturated rings. The van der Waals surface area contributed by atoms with E-state index in [1.54, 1.807) is 27.7 Å². The van der Waals surface area contributed by atoms with E-state index in [9.17, 15) is 19.2 Å². The molecule has 7 nitrogen and oxygen atoms in total. The number of likely N-dealkylation sites (tertiary alicyclic amines) is 1. The molecule has 0 atom stereocenters. The molecule has 2 aliphatic heterocycles. The van der Waals surface area contributed by atoms with Crippen LogP contribution in [0.3, 0.4) is 0 Å². The van der Waals surface area contributed by atoms with Crippen molar-refractivity contribution in [2.75, 3.05) is 13.1 Å². The predicted octanol–water partition coefficient (Wildman–Crippen LogP) is 1.27. The molecule has 2 aliphatic rings. The van der Waals surface area contributed by atoms with Crippen molar-refractivity contribution in [3.8, 4) is 0 Å². The number of nitrogens with one attached hydrogen (secondary N) is 1. The molecular formula is C16H25N3O4. The first-order valence-corrected chi connectivity index (χ1v) is 8.05. The predicted molar refractivity (Wildman–Crippen MR) is 83.3 cm³/mol. The zero-order chi connectivity index (χ0) is 17.4. The van der Waals surface area contributed by atoms with Crippen LogP contribution in [0.5, 0.6) is 0 Å². The Morgan fingerprint density at radius 3 is 1.87 bits per heavy atom. The first-order chi connectivity index (χ1) is 10.6. The quantitative estimate of drug-likeness (QED) is 0.453. The first kappa shape index (κ1) is 17.4. The van der Waals surface area contributed by atoms with Crippen LogP contribution in [0, 0.1) is 5.41 Å². The third kappa shape index (κ3) is 3.38. The van der Waals surface area contributed by atoms with Gasteiger partial charge in [0.2, 0.25) is 11.8 Å². The SMILES string of the molecule is CC1(C)CC(=O)N(CCCCCN2C(=O)NC(C)(C)C2=O)C1=O. The zero-order valence-corrected chi connectivity index (χ0v) is 14.3. The lowest BCUT2D eigenvalue weighted by molar-refractivity contribution is -0.140. The van der Waals surface area contributed by atoms with Crippen molar-refractivity contribution in [1.29, 1.82) is 0 Å². The molecule has 0 aromatic carbocycles. The van der Waals surface area contributed by atoms with Crippen LogP contribution in [0.1, 0.15) is 53.4 Å². The van der Waals surface area contributed by atoms with Crippen molar-refractivity contribution in [1.82, 2.24) is 15.1 Å². The van der Waals surface area contributed by atoms with Gasteiger partial charge in [0.1, 0.15) is 5.54 Å². The Hall–Kier alpha value is -1.92. The van der Waals surface area contributed by atoms with Gasteiger partial charge in [0.15, 0.2) is 0 Å². The van der Waals surface area contributed by atoms with Gasteiger partial charge in [-0.25, -0.2) is 4.79 Å². The van der Waals surface area contributed by atoms with Crippen LogP contribution in [-0.4, -0.2) is 52.2 Å². The average Bonchev–Trinajstić information content (AvgIpc) is 2.73. The van der Waals surface area contributed by atoms with E-state index in [0.29, 0.717) is 25.9 Å². The minimum atomic E-state index is -0.836. The largest absolute Gasteiger partial charge is 0.325 e. The van der Waals surface area contributed by atoms with Crippen molar-refractivity contribution in [3.05, 3.63) is 0 Å². The monoisotopic (exact) mass is 323 g/mol. The molecule has 0 aromatic heterocycles. The Balaban J connectivity index is 1.73. The van der Waals surface area contributed by atoms with Crippen molar-refractivity contribution in [2.45, 2.75) is 58.9 Å². The van der Waals surface area contributed by atoms with E-state index in [4.69, 9.17) is 0 Å². The van der Waals surface area contributed by atoms with Crippen molar-refractivity contribution in [2.24, 2.45) is 5.41 Å². The third-order valence-corrected chi connectivity index (χ3v) is 4.43. The standard InChI is InChI=1S/C16H25N3O4/c1-15(2)10-11(20)18(12(15)21)8-6-5-7-9-19-13(22)16(3,4)17-14(19)23/h5-10H2,1-4H3,(H,17,23). The van der Waals surface area contributed by atoms with Gasteiger partial charge in [0, 0.05) is 19.5 Å². The molecule has 0 aromatic rings. The summed E-state index contributed by atoms with van der Waals surface area (Å²) in [5.41, 5.74) is -1.43. The van der Waals surface area contributed by atoms with Gasteiger partial charge in [0.25, 0.3) is 5.91 Å². The molecule has 2 heterocycles. The topological polar surface area (TPSA) is 86.8 Å². The molecule has 2 rings (SSSR count). The van der Waals surface area contributed by atoms with Gasteiger partial charge in [0.05, 0.1) is 5.41 Å². The van der Waals surface area contributed by atoms with E-state index in [0.717, 1.165) is 6.42 Å². The van der Waals surface area contributed by atoms with E-state index < -0.39 is 11.0 Å². The van der Waals surface area contributed by atoms with Gasteiger partial charge in [-0.05, 0) is 33.1 Å². The Bertz CT molecular complexity index is 506. The molecule has 2 saturated heterocycles. The summed E-state index contributed by atoms with van der Waals surface area (Å²) in [4.78, 5) is 50.2. The molecule has 23 heavy (non-hydrogen) atoms. The Kier molecular flexibility index (Phi) is 4.50. The number of urea groups is 1. The summed E-state index contributed by atoms with van der Waals surface area (Å²) in [6, 6.07) is -0.355. The van der Waals surface area contributed by atoms with Crippen molar-refractivity contribution >= 4 is 23.8 Å². The molecule has 0 radical (unpaired) electrons. The Morgan fingerprint density at radius 2 is 1.43 bits per heavy atom. The van der Waals surface area contributed by atoms with Crippen LogP contribution in [0.25, 0.3) is 0 Å². The number of rotatable bonds is 6. The molecule has 1 N–H and O–H groups in total. The second kappa shape index (κ2) is 5.94. The summed E-state index contributed by atoms with van der Waals surface area (Å²) >= 11 is 0. The molecule has 0 unspecified atom stereocenters. The number of hydrogen-bond acceptors (Lipinski definition) is 4. The van der Waals surface area contributed by atoms with Crippen LogP contribution < -0.4 is 5.32 Å². The maximum atomic E-state index is 12.1. The summed E-state index contributed by atoms with van der Waals surface area (Å²) in [5, 5.41) is 2.64. The van der Waals surface area contributed by atoms with E-state index in [2.05, 4.69) is 5.32 Å². The summed E-state index contributed by atoms with van der Waals surface area (Å²) in [6.45, 7) is 7.70. The fraction of sp³-hybridized carbons (Fsp3) is 0.750. The number of unbranched alkanes of at least 4 members (excludes halogenated alkanes) is 2. The number of hydrogen-bond donors (Lipinski definition) is 1. The summed E-state index contributed by atoms with van der Waals surface area (Å²) in [7, 11) is 0. The molecule has 7 heteroatoms. The smallest absolute Gasteiger partial charge is 0.324 e. The van der Waals surface area contributed by atoms with Gasteiger partial charge in [-0.2, -0.15) is 0 Å². The van der Waals surface area contributed by atoms with Crippen LogP contribution in [0.15, 0.2) is 0 Å². The summed E-state index contributed by atoms with van der Waals surface area (Å²) < 4.78 is 0. The number of carbonyl (C=O) groups excluding carboxylic acids is 4. The maximum Gasteiger partial charge on any atom is 0.325 e. The maximum absolute atomic E-state index is 12.1. The average molecular weight is 323 g/mol. The van der Waals surface area contributed by atoms with Gasteiger partial charge in [-0.1, -0.05) is 13.8 Å². The van der Waals surface area contributed by atoms with Crippen LogP contribution in [0.2, 0.25) is 0 Å². The minimum absolute atomic E-state index is 0.113. The van der Waals surface area contributed by atoms with Crippen molar-refractivity contribution < 1.29 is 19.2 Å². The van der Waals surface area contributed by atoms with Crippen LogP contribution in [0.4, 0.5) is 4.79 Å². The van der Waals surface area contributed by atoms with Crippen LogP contribution in [-0.2, 0) is 14.4 Å². The highest BCUT2D eigenvalue weighted by Gasteiger charge is 2.45. The molecule has 128 valence electrons. The third-order valence-electron chi connectivity index (χ3n) is 4.43. The number of imide groups is 2. The molecule has 0 spiro atoms. The fourth-order valence-corrected chi connectivity index (χ4v) is 2.99. The Labute approximate surface area is 136 Å². The van der Waals surface area contributed by atoms with Gasteiger partial charge in [-0.3, -0.25) is 24.2 Å². The van der Waals surface area contributed by atoms with E-state index in [1.807, 2.05) is 0 Å². The highest BCUT2D eigenvalue weighted by molar-refractivity contribution is 6.06. The zero-order valence-electron chi connectivity index (χ0n) is 14.3. The second-order valence-electron chi connectivity index (χ2n) is 7.48. The minimum Gasteiger partial charge on any atom is -0.324 e. The number of nitrogens with zero attached hydrogens (tertiary/aromatic N) is 2. The Morgan fingerprint density at radius 1 is 0.870 bits per heavy atom. The van der Waals surface area contributed by atoms with E-state index in [-0.39, 0.29) is 30.2 Å². The number of carbonyl (C=O) groups is 4. The van der Waals surface area contributed by atoms with Gasteiger partial charge in [-0.15, -0.1) is 0 Å². The molecular weight excluding hydrogens is 298 g/mol. The summed E-state index contributed by atoms with van der Waals surface area (Å²) in [5.74, 6) is -0.441. The second-order valence-corrected chi connectivity index (χ2v) is 7.48. The van der Waals surface area contributed by atoms with Gasteiger partial charge < -0.3 is 5.32 Å². The molecule has 0 saturated carbocycles. The molecule has 0 bridgehead atoms. The first-order valence-electron chi connectivity index (χ1n) is 8.05. The van der Waals surface area contributed by atoms with E-state index in [1.165, 1.54) is 9.80 Å². The lowest BCUT2D eigenvalue weighted by Gasteiger charge is -2.18. The van der Waals surface area contributed by atoms with Crippen LogP contribution >= 0.6 is 0 Å². The lowest BCUT2D eigenvalue weighted by atomic mass is 9.92. The van der Waals surface area contributed by atoms with Crippen molar-refractivity contribution in [3.63, 3.8) is 0 Å². The lowest BCUT2D eigenvalue weighted by Crippen LogP contribution is -2.40. The fourth-order valence-electron chi connectivity index (χ4n) is 2.99.